The molecule has 1 N–H and O–H groups in total. The number of amides is 2. The number of benzene rings is 1. The van der Waals surface area contributed by atoms with Gasteiger partial charge in [-0.05, 0) is 47.0 Å². The number of likely N-dealkylation sites (tertiary alicyclic amines) is 1. The van der Waals surface area contributed by atoms with Gasteiger partial charge >= 0.3 is 0 Å². The Morgan fingerprint density at radius 2 is 2.20 bits per heavy atom. The van der Waals surface area contributed by atoms with Gasteiger partial charge in [-0.15, -0.1) is 0 Å². The normalized spacial score (nSPS) is 18.8. The summed E-state index contributed by atoms with van der Waals surface area (Å²) in [5, 5.41) is 2.62. The molecule has 1 aromatic carbocycles. The van der Waals surface area contributed by atoms with Crippen LogP contribution in [0.3, 0.4) is 0 Å². The van der Waals surface area contributed by atoms with Crippen LogP contribution in [0.2, 0.25) is 0 Å². The smallest absolute Gasteiger partial charge is 0.253 e. The standard InChI is InChI=1S/C14H16BrFN2O2/c1-17-13(19)10-3-2-6-18(8-10)14(20)9-4-5-12(16)11(15)7-9/h4-5,7,10H,2-3,6,8H2,1H3,(H,17,19). The van der Waals surface area contributed by atoms with Crippen molar-refractivity contribution in [2.24, 2.45) is 5.92 Å². The summed E-state index contributed by atoms with van der Waals surface area (Å²) in [5.41, 5.74) is 0.427. The Labute approximate surface area is 125 Å². The van der Waals surface area contributed by atoms with Gasteiger partial charge in [0.1, 0.15) is 5.82 Å². The van der Waals surface area contributed by atoms with E-state index in [1.807, 2.05) is 0 Å². The van der Waals surface area contributed by atoms with E-state index in [0.29, 0.717) is 18.7 Å². The second-order valence-corrected chi connectivity index (χ2v) is 5.69. The molecule has 6 heteroatoms. The highest BCUT2D eigenvalue weighted by molar-refractivity contribution is 9.10. The highest BCUT2D eigenvalue weighted by atomic mass is 79.9. The van der Waals surface area contributed by atoms with Crippen LogP contribution in [0.5, 0.6) is 0 Å². The van der Waals surface area contributed by atoms with E-state index in [1.54, 1.807) is 11.9 Å². The third kappa shape index (κ3) is 3.17. The number of carbonyl (C=O) groups is 2. The zero-order valence-corrected chi connectivity index (χ0v) is 12.7. The Morgan fingerprint density at radius 1 is 1.45 bits per heavy atom. The molecular weight excluding hydrogens is 327 g/mol. The van der Waals surface area contributed by atoms with Gasteiger partial charge in [-0.2, -0.15) is 0 Å². The number of carbonyl (C=O) groups excluding carboxylic acids is 2. The lowest BCUT2D eigenvalue weighted by Crippen LogP contribution is -2.44. The maximum Gasteiger partial charge on any atom is 0.253 e. The van der Waals surface area contributed by atoms with Gasteiger partial charge in [0, 0.05) is 25.7 Å². The first-order chi connectivity index (χ1) is 9.52. The van der Waals surface area contributed by atoms with Crippen LogP contribution in [-0.2, 0) is 4.79 Å². The molecule has 1 atom stereocenters. The van der Waals surface area contributed by atoms with Crippen LogP contribution in [0.4, 0.5) is 4.39 Å². The molecule has 1 aromatic rings. The molecule has 1 aliphatic heterocycles. The molecule has 2 rings (SSSR count). The minimum atomic E-state index is -0.400. The fraction of sp³-hybridized carbons (Fsp3) is 0.429. The van der Waals surface area contributed by atoms with Crippen LogP contribution < -0.4 is 5.32 Å². The molecule has 0 spiro atoms. The van der Waals surface area contributed by atoms with Crippen LogP contribution in [0.15, 0.2) is 22.7 Å². The molecule has 0 saturated carbocycles. The van der Waals surface area contributed by atoms with Crippen LogP contribution in [0.25, 0.3) is 0 Å². The van der Waals surface area contributed by atoms with Crippen LogP contribution in [0.1, 0.15) is 23.2 Å². The maximum atomic E-state index is 13.2. The topological polar surface area (TPSA) is 49.4 Å². The first-order valence-electron chi connectivity index (χ1n) is 6.49. The van der Waals surface area contributed by atoms with Gasteiger partial charge in [-0.1, -0.05) is 0 Å². The predicted octanol–water partition coefficient (Wildman–Crippen LogP) is 2.19. The van der Waals surface area contributed by atoms with Crippen molar-refractivity contribution in [1.82, 2.24) is 10.2 Å². The Balaban J connectivity index is 2.12. The summed E-state index contributed by atoms with van der Waals surface area (Å²) in [4.78, 5) is 25.7. The lowest BCUT2D eigenvalue weighted by atomic mass is 9.96. The van der Waals surface area contributed by atoms with Crippen LogP contribution >= 0.6 is 15.9 Å². The van der Waals surface area contributed by atoms with Crippen molar-refractivity contribution in [3.63, 3.8) is 0 Å². The molecule has 20 heavy (non-hydrogen) atoms. The van der Waals surface area contributed by atoms with Crippen molar-refractivity contribution in [3.05, 3.63) is 34.1 Å². The summed E-state index contributed by atoms with van der Waals surface area (Å²) in [5.74, 6) is -0.771. The van der Waals surface area contributed by atoms with E-state index in [1.165, 1.54) is 18.2 Å². The van der Waals surface area contributed by atoms with Crippen molar-refractivity contribution in [3.8, 4) is 0 Å². The molecule has 0 aliphatic carbocycles. The third-order valence-electron chi connectivity index (χ3n) is 3.49. The molecule has 108 valence electrons. The van der Waals surface area contributed by atoms with Gasteiger partial charge < -0.3 is 10.2 Å². The molecule has 1 heterocycles. The number of rotatable bonds is 2. The minimum Gasteiger partial charge on any atom is -0.359 e. The van der Waals surface area contributed by atoms with Crippen molar-refractivity contribution in [1.29, 1.82) is 0 Å². The number of nitrogens with zero attached hydrogens (tertiary/aromatic N) is 1. The van der Waals surface area contributed by atoms with E-state index in [4.69, 9.17) is 0 Å². The van der Waals surface area contributed by atoms with Gasteiger partial charge in [-0.3, -0.25) is 9.59 Å². The van der Waals surface area contributed by atoms with Gasteiger partial charge in [0.05, 0.1) is 10.4 Å². The first-order valence-corrected chi connectivity index (χ1v) is 7.28. The summed E-state index contributed by atoms with van der Waals surface area (Å²) >= 11 is 3.07. The van der Waals surface area contributed by atoms with E-state index in [-0.39, 0.29) is 22.2 Å². The van der Waals surface area contributed by atoms with E-state index >= 15 is 0 Å². The zero-order chi connectivity index (χ0) is 14.7. The average molecular weight is 343 g/mol. The SMILES string of the molecule is CNC(=O)C1CCCN(C(=O)c2ccc(F)c(Br)c2)C1. The lowest BCUT2D eigenvalue weighted by Gasteiger charge is -2.31. The largest absolute Gasteiger partial charge is 0.359 e. The van der Waals surface area contributed by atoms with Crippen molar-refractivity contribution in [2.45, 2.75) is 12.8 Å². The molecule has 4 nitrogen and oxygen atoms in total. The summed E-state index contributed by atoms with van der Waals surface area (Å²) in [6.07, 6.45) is 1.59. The van der Waals surface area contributed by atoms with Crippen molar-refractivity contribution < 1.29 is 14.0 Å². The first kappa shape index (κ1) is 15.0. The monoisotopic (exact) mass is 342 g/mol. The fourth-order valence-corrected chi connectivity index (χ4v) is 2.77. The van der Waals surface area contributed by atoms with E-state index < -0.39 is 5.82 Å². The molecule has 2 amide bonds. The number of hydrogen-bond acceptors (Lipinski definition) is 2. The van der Waals surface area contributed by atoms with E-state index in [9.17, 15) is 14.0 Å². The third-order valence-corrected chi connectivity index (χ3v) is 4.10. The average Bonchev–Trinajstić information content (AvgIpc) is 2.48. The molecule has 1 saturated heterocycles. The Hall–Kier alpha value is -1.43. The highest BCUT2D eigenvalue weighted by Crippen LogP contribution is 2.21. The van der Waals surface area contributed by atoms with E-state index in [2.05, 4.69) is 21.2 Å². The number of halogens is 2. The quantitative estimate of drug-likeness (QED) is 0.895. The zero-order valence-electron chi connectivity index (χ0n) is 11.2. The molecule has 0 aromatic heterocycles. The lowest BCUT2D eigenvalue weighted by molar-refractivity contribution is -0.125. The highest BCUT2D eigenvalue weighted by Gasteiger charge is 2.28. The maximum absolute atomic E-state index is 13.2. The van der Waals surface area contributed by atoms with Crippen molar-refractivity contribution >= 4 is 27.7 Å². The van der Waals surface area contributed by atoms with Gasteiger partial charge in [0.15, 0.2) is 0 Å². The summed E-state index contributed by atoms with van der Waals surface area (Å²) in [6, 6.07) is 4.20. The fourth-order valence-electron chi connectivity index (χ4n) is 2.39. The molecule has 1 unspecified atom stereocenters. The Kier molecular flexibility index (Phi) is 4.75. The number of hydrogen-bond donors (Lipinski definition) is 1. The number of piperidine rings is 1. The van der Waals surface area contributed by atoms with Gasteiger partial charge in [-0.25, -0.2) is 4.39 Å². The molecule has 0 bridgehead atoms. The van der Waals surface area contributed by atoms with E-state index in [0.717, 1.165) is 12.8 Å². The predicted molar refractivity (Wildman–Crippen MR) is 76.8 cm³/mol. The number of nitrogens with one attached hydrogen (secondary N) is 1. The Bertz CT molecular complexity index is 536. The second-order valence-electron chi connectivity index (χ2n) is 4.83. The molecule has 1 aliphatic rings. The second kappa shape index (κ2) is 6.35. The molecular formula is C14H16BrFN2O2. The Morgan fingerprint density at radius 3 is 2.85 bits per heavy atom. The van der Waals surface area contributed by atoms with Crippen LogP contribution in [0, 0.1) is 11.7 Å². The van der Waals surface area contributed by atoms with Crippen LogP contribution in [-0.4, -0.2) is 36.9 Å². The van der Waals surface area contributed by atoms with Gasteiger partial charge in [0.25, 0.3) is 5.91 Å². The van der Waals surface area contributed by atoms with Crippen molar-refractivity contribution in [2.75, 3.05) is 20.1 Å². The van der Waals surface area contributed by atoms with Gasteiger partial charge in [0.2, 0.25) is 5.91 Å². The summed E-state index contributed by atoms with van der Waals surface area (Å²) < 4.78 is 13.5. The molecule has 0 radical (unpaired) electrons. The summed E-state index contributed by atoms with van der Waals surface area (Å²) in [6.45, 7) is 1.04. The summed E-state index contributed by atoms with van der Waals surface area (Å²) in [7, 11) is 1.60. The minimum absolute atomic E-state index is 0.0391. The molecule has 1 fully saturated rings.